The molecule has 1 unspecified atom stereocenters. The highest BCUT2D eigenvalue weighted by atomic mass is 16.3. The van der Waals surface area contributed by atoms with E-state index in [4.69, 9.17) is 4.42 Å². The van der Waals surface area contributed by atoms with E-state index in [0.29, 0.717) is 18.7 Å². The molecule has 5 heteroatoms. The molecule has 0 bridgehead atoms. The first kappa shape index (κ1) is 16.9. The molecular weight excluding hydrogens is 316 g/mol. The quantitative estimate of drug-likeness (QED) is 0.722. The average Bonchev–Trinajstić information content (AvgIpc) is 3.13. The summed E-state index contributed by atoms with van der Waals surface area (Å²) in [7, 11) is 0. The second kappa shape index (κ2) is 7.77. The van der Waals surface area contributed by atoms with E-state index in [1.54, 1.807) is 0 Å². The molecule has 0 radical (unpaired) electrons. The first-order valence-electron chi connectivity index (χ1n) is 8.17. The van der Waals surface area contributed by atoms with Crippen molar-refractivity contribution in [2.75, 3.05) is 6.54 Å². The van der Waals surface area contributed by atoms with Crippen LogP contribution in [0.2, 0.25) is 0 Å². The fourth-order valence-electron chi connectivity index (χ4n) is 2.57. The molecule has 0 aliphatic heterocycles. The number of nitrogens with zero attached hydrogens (tertiary/aromatic N) is 1. The van der Waals surface area contributed by atoms with Crippen LogP contribution in [0.15, 0.2) is 65.4 Å². The predicted octanol–water partition coefficient (Wildman–Crippen LogP) is 3.50. The minimum Gasteiger partial charge on any atom is -0.443 e. The van der Waals surface area contributed by atoms with E-state index in [0.717, 1.165) is 16.7 Å². The van der Waals surface area contributed by atoms with Crippen LogP contribution < -0.4 is 5.32 Å². The van der Waals surface area contributed by atoms with E-state index in [2.05, 4.69) is 10.3 Å². The summed E-state index contributed by atoms with van der Waals surface area (Å²) >= 11 is 0. The Morgan fingerprint density at radius 2 is 1.88 bits per heavy atom. The lowest BCUT2D eigenvalue weighted by molar-refractivity contribution is 0.0938. The van der Waals surface area contributed by atoms with Gasteiger partial charge in [0.05, 0.1) is 6.10 Å². The number of nitrogens with one attached hydrogen (secondary N) is 1. The second-order valence-electron chi connectivity index (χ2n) is 5.87. The number of aromatic nitrogens is 1. The van der Waals surface area contributed by atoms with Crippen LogP contribution in [0, 0.1) is 6.92 Å². The van der Waals surface area contributed by atoms with Gasteiger partial charge in [0.2, 0.25) is 0 Å². The monoisotopic (exact) mass is 336 g/mol. The Bertz CT molecular complexity index is 826. The smallest absolute Gasteiger partial charge is 0.273 e. The van der Waals surface area contributed by atoms with Gasteiger partial charge < -0.3 is 14.8 Å². The summed E-state index contributed by atoms with van der Waals surface area (Å²) in [6.45, 7) is 2.34. The van der Waals surface area contributed by atoms with Crippen molar-refractivity contribution in [3.63, 3.8) is 0 Å². The number of carbonyl (C=O) groups excluding carboxylic acids is 1. The van der Waals surface area contributed by atoms with Crippen LogP contribution in [0.5, 0.6) is 0 Å². The number of rotatable bonds is 6. The van der Waals surface area contributed by atoms with Gasteiger partial charge in [0.1, 0.15) is 0 Å². The molecule has 128 valence electrons. The van der Waals surface area contributed by atoms with Gasteiger partial charge in [-0.2, -0.15) is 0 Å². The summed E-state index contributed by atoms with van der Waals surface area (Å²) in [5.41, 5.74) is 3.01. The molecule has 3 rings (SSSR count). The van der Waals surface area contributed by atoms with Crippen LogP contribution in [0.1, 0.15) is 34.1 Å². The average molecular weight is 336 g/mol. The van der Waals surface area contributed by atoms with Crippen LogP contribution in [0.25, 0.3) is 11.3 Å². The molecule has 2 N–H and O–H groups in total. The molecule has 0 saturated carbocycles. The van der Waals surface area contributed by atoms with E-state index in [-0.39, 0.29) is 11.6 Å². The molecule has 0 aliphatic carbocycles. The summed E-state index contributed by atoms with van der Waals surface area (Å²) in [6, 6.07) is 17.1. The summed E-state index contributed by atoms with van der Waals surface area (Å²) in [4.78, 5) is 16.4. The largest absolute Gasteiger partial charge is 0.443 e. The Hall–Kier alpha value is -2.92. The molecule has 3 aromatic rings. The minimum atomic E-state index is -0.615. The van der Waals surface area contributed by atoms with Crippen molar-refractivity contribution in [2.45, 2.75) is 19.4 Å². The maximum atomic E-state index is 12.4. The van der Waals surface area contributed by atoms with E-state index < -0.39 is 6.10 Å². The van der Waals surface area contributed by atoms with Gasteiger partial charge in [0.15, 0.2) is 17.8 Å². The van der Waals surface area contributed by atoms with Crippen LogP contribution in [0.4, 0.5) is 0 Å². The fourth-order valence-corrected chi connectivity index (χ4v) is 2.57. The van der Waals surface area contributed by atoms with Crippen molar-refractivity contribution < 1.29 is 14.3 Å². The van der Waals surface area contributed by atoms with Gasteiger partial charge in [-0.05, 0) is 18.9 Å². The van der Waals surface area contributed by atoms with E-state index >= 15 is 0 Å². The van der Waals surface area contributed by atoms with Crippen molar-refractivity contribution >= 4 is 5.91 Å². The molecule has 0 spiro atoms. The molecule has 5 nitrogen and oxygen atoms in total. The Balaban J connectivity index is 1.61. The lowest BCUT2D eigenvalue weighted by Crippen LogP contribution is -2.26. The third kappa shape index (κ3) is 4.14. The van der Waals surface area contributed by atoms with Crippen molar-refractivity contribution in [1.82, 2.24) is 10.3 Å². The second-order valence-corrected chi connectivity index (χ2v) is 5.87. The topological polar surface area (TPSA) is 75.4 Å². The zero-order chi connectivity index (χ0) is 17.6. The Morgan fingerprint density at radius 3 is 2.60 bits per heavy atom. The third-order valence-corrected chi connectivity index (χ3v) is 3.98. The van der Waals surface area contributed by atoms with Crippen LogP contribution in [-0.2, 0) is 0 Å². The van der Waals surface area contributed by atoms with Gasteiger partial charge in [0, 0.05) is 12.1 Å². The molecule has 1 heterocycles. The SMILES string of the molecule is Cc1ccc(-c2ocnc2C(=O)NCCC(O)c2ccccc2)cc1. The van der Waals surface area contributed by atoms with Gasteiger partial charge in [-0.1, -0.05) is 60.2 Å². The van der Waals surface area contributed by atoms with Gasteiger partial charge in [-0.25, -0.2) is 4.98 Å². The van der Waals surface area contributed by atoms with Crippen molar-refractivity contribution in [3.8, 4) is 11.3 Å². The maximum absolute atomic E-state index is 12.4. The zero-order valence-electron chi connectivity index (χ0n) is 14.0. The number of amides is 1. The van der Waals surface area contributed by atoms with Crippen LogP contribution >= 0.6 is 0 Å². The first-order valence-corrected chi connectivity index (χ1v) is 8.17. The summed E-state index contributed by atoms with van der Waals surface area (Å²) < 4.78 is 5.39. The number of aliphatic hydroxyl groups is 1. The molecule has 1 amide bonds. The first-order chi connectivity index (χ1) is 12.1. The Morgan fingerprint density at radius 1 is 1.16 bits per heavy atom. The molecule has 1 aromatic heterocycles. The maximum Gasteiger partial charge on any atom is 0.273 e. The molecule has 0 aliphatic rings. The fraction of sp³-hybridized carbons (Fsp3) is 0.200. The Labute approximate surface area is 146 Å². The highest BCUT2D eigenvalue weighted by molar-refractivity contribution is 5.97. The molecule has 2 aromatic carbocycles. The number of hydrogen-bond acceptors (Lipinski definition) is 4. The lowest BCUT2D eigenvalue weighted by Gasteiger charge is -2.11. The minimum absolute atomic E-state index is 0.248. The number of aliphatic hydroxyl groups excluding tert-OH is 1. The van der Waals surface area contributed by atoms with Crippen molar-refractivity contribution in [1.29, 1.82) is 0 Å². The van der Waals surface area contributed by atoms with Crippen molar-refractivity contribution in [2.24, 2.45) is 0 Å². The molecule has 25 heavy (non-hydrogen) atoms. The lowest BCUT2D eigenvalue weighted by atomic mass is 10.1. The molecule has 0 saturated heterocycles. The molecule has 1 atom stereocenters. The zero-order valence-corrected chi connectivity index (χ0v) is 14.0. The van der Waals surface area contributed by atoms with E-state index in [1.807, 2.05) is 61.5 Å². The van der Waals surface area contributed by atoms with Gasteiger partial charge in [-0.15, -0.1) is 0 Å². The van der Waals surface area contributed by atoms with Crippen LogP contribution in [0.3, 0.4) is 0 Å². The molecular formula is C20H20N2O3. The Kier molecular flexibility index (Phi) is 5.26. The van der Waals surface area contributed by atoms with Crippen LogP contribution in [-0.4, -0.2) is 22.5 Å². The third-order valence-electron chi connectivity index (χ3n) is 3.98. The number of hydrogen-bond donors (Lipinski definition) is 2. The normalized spacial score (nSPS) is 11.9. The van der Waals surface area contributed by atoms with Crippen molar-refractivity contribution in [3.05, 3.63) is 77.8 Å². The number of carbonyl (C=O) groups is 1. The molecule has 0 fully saturated rings. The van der Waals surface area contributed by atoms with E-state index in [1.165, 1.54) is 6.39 Å². The van der Waals surface area contributed by atoms with Gasteiger partial charge in [0.25, 0.3) is 5.91 Å². The summed E-state index contributed by atoms with van der Waals surface area (Å²) in [5.74, 6) is 0.130. The number of benzene rings is 2. The predicted molar refractivity (Wildman–Crippen MR) is 95.0 cm³/mol. The standard InChI is InChI=1S/C20H20N2O3/c1-14-7-9-16(10-8-14)19-18(22-13-25-19)20(24)21-12-11-17(23)15-5-3-2-4-6-15/h2-10,13,17,23H,11-12H2,1H3,(H,21,24). The summed E-state index contributed by atoms with van der Waals surface area (Å²) in [5, 5.41) is 12.9. The van der Waals surface area contributed by atoms with E-state index in [9.17, 15) is 9.90 Å². The summed E-state index contributed by atoms with van der Waals surface area (Å²) in [6.07, 6.45) is 1.08. The number of aryl methyl sites for hydroxylation is 1. The highest BCUT2D eigenvalue weighted by Gasteiger charge is 2.18. The highest BCUT2D eigenvalue weighted by Crippen LogP contribution is 2.23. The van der Waals surface area contributed by atoms with Gasteiger partial charge in [-0.3, -0.25) is 4.79 Å². The van der Waals surface area contributed by atoms with Gasteiger partial charge >= 0.3 is 0 Å². The number of oxazole rings is 1.